The molecule has 1 rings (SSSR count). The molecular formula is C16H24N2O5. The number of nitrogens with zero attached hydrogens (tertiary/aromatic N) is 1. The fourth-order valence-electron chi connectivity index (χ4n) is 1.84. The molecule has 0 radical (unpaired) electrons. The van der Waals surface area contributed by atoms with Crippen molar-refractivity contribution >= 4 is 12.0 Å². The zero-order chi connectivity index (χ0) is 17.2. The third kappa shape index (κ3) is 6.90. The van der Waals surface area contributed by atoms with Gasteiger partial charge in [-0.2, -0.15) is 0 Å². The number of ether oxygens (including phenoxy) is 2. The van der Waals surface area contributed by atoms with Gasteiger partial charge in [-0.15, -0.1) is 0 Å². The lowest BCUT2D eigenvalue weighted by atomic mass is 10.2. The van der Waals surface area contributed by atoms with Crippen molar-refractivity contribution in [2.45, 2.75) is 13.3 Å². The van der Waals surface area contributed by atoms with Gasteiger partial charge < -0.3 is 24.8 Å². The van der Waals surface area contributed by atoms with Crippen LogP contribution in [0.1, 0.15) is 13.3 Å². The summed E-state index contributed by atoms with van der Waals surface area (Å²) < 4.78 is 10.6. The maximum absolute atomic E-state index is 11.8. The number of urea groups is 1. The molecule has 1 aromatic rings. The quantitative estimate of drug-likeness (QED) is 0.677. The van der Waals surface area contributed by atoms with E-state index in [4.69, 9.17) is 14.6 Å². The molecule has 0 aliphatic rings. The van der Waals surface area contributed by atoms with Crippen molar-refractivity contribution in [2.75, 3.05) is 33.9 Å². The van der Waals surface area contributed by atoms with Crippen molar-refractivity contribution < 1.29 is 24.2 Å². The summed E-state index contributed by atoms with van der Waals surface area (Å²) in [6.45, 7) is 2.67. The first-order valence-corrected chi connectivity index (χ1v) is 7.42. The molecule has 1 unspecified atom stereocenters. The molecule has 7 heteroatoms. The van der Waals surface area contributed by atoms with Crippen LogP contribution in [0.4, 0.5) is 4.79 Å². The molecule has 0 bridgehead atoms. The van der Waals surface area contributed by atoms with Gasteiger partial charge in [0.05, 0.1) is 19.6 Å². The van der Waals surface area contributed by atoms with Gasteiger partial charge in [-0.05, 0) is 30.7 Å². The molecule has 0 aliphatic heterocycles. The van der Waals surface area contributed by atoms with E-state index < -0.39 is 11.9 Å². The Hall–Kier alpha value is -2.44. The molecule has 128 valence electrons. The maximum Gasteiger partial charge on any atom is 0.317 e. The molecule has 0 fully saturated rings. The van der Waals surface area contributed by atoms with Gasteiger partial charge in [0.1, 0.15) is 11.5 Å². The minimum Gasteiger partial charge on any atom is -0.497 e. The number of aliphatic carboxylic acids is 1. The van der Waals surface area contributed by atoms with Crippen LogP contribution in [-0.2, 0) is 4.79 Å². The third-order valence-corrected chi connectivity index (χ3v) is 3.24. The number of nitrogens with one attached hydrogen (secondary N) is 1. The largest absolute Gasteiger partial charge is 0.497 e. The van der Waals surface area contributed by atoms with E-state index in [-0.39, 0.29) is 12.6 Å². The van der Waals surface area contributed by atoms with Crippen LogP contribution in [0.25, 0.3) is 0 Å². The minimum atomic E-state index is -0.919. The molecule has 0 heterocycles. The van der Waals surface area contributed by atoms with Gasteiger partial charge in [-0.3, -0.25) is 4.79 Å². The molecule has 7 nitrogen and oxygen atoms in total. The predicted octanol–water partition coefficient (Wildman–Crippen LogP) is 1.83. The Bertz CT molecular complexity index is 504. The Morgan fingerprint density at radius 2 is 1.87 bits per heavy atom. The Morgan fingerprint density at radius 1 is 1.26 bits per heavy atom. The Kier molecular flexibility index (Phi) is 7.73. The van der Waals surface area contributed by atoms with E-state index in [0.29, 0.717) is 19.6 Å². The average molecular weight is 324 g/mol. The van der Waals surface area contributed by atoms with Crippen molar-refractivity contribution in [2.24, 2.45) is 5.92 Å². The summed E-state index contributed by atoms with van der Waals surface area (Å²) in [6, 6.07) is 6.98. The van der Waals surface area contributed by atoms with Gasteiger partial charge in [0.2, 0.25) is 0 Å². The topological polar surface area (TPSA) is 88.1 Å². The smallest absolute Gasteiger partial charge is 0.317 e. The van der Waals surface area contributed by atoms with E-state index in [9.17, 15) is 9.59 Å². The number of amides is 2. The van der Waals surface area contributed by atoms with E-state index in [0.717, 1.165) is 11.5 Å². The number of carbonyl (C=O) groups excluding carboxylic acids is 1. The van der Waals surface area contributed by atoms with Gasteiger partial charge in [0.15, 0.2) is 0 Å². The van der Waals surface area contributed by atoms with Crippen LogP contribution < -0.4 is 14.8 Å². The lowest BCUT2D eigenvalue weighted by Crippen LogP contribution is -2.41. The monoisotopic (exact) mass is 324 g/mol. The molecule has 0 aliphatic carbocycles. The van der Waals surface area contributed by atoms with Crippen LogP contribution in [0.15, 0.2) is 24.3 Å². The zero-order valence-corrected chi connectivity index (χ0v) is 13.7. The number of hydrogen-bond acceptors (Lipinski definition) is 4. The number of benzene rings is 1. The highest BCUT2D eigenvalue weighted by atomic mass is 16.5. The van der Waals surface area contributed by atoms with Gasteiger partial charge >= 0.3 is 12.0 Å². The Morgan fingerprint density at radius 3 is 2.43 bits per heavy atom. The standard InChI is InChI=1S/C16H24N2O5/c1-12(15(19)20)11-18(2)16(21)17-9-4-10-23-14-7-5-13(22-3)6-8-14/h5-8,12H,4,9-11H2,1-3H3,(H,17,21)(H,19,20). The molecule has 1 aromatic carbocycles. The zero-order valence-electron chi connectivity index (χ0n) is 13.7. The molecule has 0 aromatic heterocycles. The molecule has 0 saturated heterocycles. The van der Waals surface area contributed by atoms with Crippen LogP contribution in [0.5, 0.6) is 11.5 Å². The van der Waals surface area contributed by atoms with Crippen LogP contribution in [0.3, 0.4) is 0 Å². The predicted molar refractivity (Wildman–Crippen MR) is 85.9 cm³/mol. The highest BCUT2D eigenvalue weighted by Gasteiger charge is 2.16. The van der Waals surface area contributed by atoms with E-state index in [1.807, 2.05) is 24.3 Å². The van der Waals surface area contributed by atoms with Gasteiger partial charge in [-0.1, -0.05) is 6.92 Å². The summed E-state index contributed by atoms with van der Waals surface area (Å²) in [5.41, 5.74) is 0. The highest BCUT2D eigenvalue weighted by Crippen LogP contribution is 2.16. The van der Waals surface area contributed by atoms with Crippen molar-refractivity contribution in [1.29, 1.82) is 0 Å². The van der Waals surface area contributed by atoms with Gasteiger partial charge in [0, 0.05) is 20.1 Å². The number of carboxylic acids is 1. The van der Waals surface area contributed by atoms with Crippen molar-refractivity contribution in [3.63, 3.8) is 0 Å². The van der Waals surface area contributed by atoms with Crippen molar-refractivity contribution in [3.8, 4) is 11.5 Å². The molecule has 0 saturated carbocycles. The molecule has 2 N–H and O–H groups in total. The van der Waals surface area contributed by atoms with E-state index in [2.05, 4.69) is 5.32 Å². The molecule has 2 amide bonds. The maximum atomic E-state index is 11.8. The van der Waals surface area contributed by atoms with Crippen molar-refractivity contribution in [1.82, 2.24) is 10.2 Å². The summed E-state index contributed by atoms with van der Waals surface area (Å²) in [5, 5.41) is 11.5. The number of hydrogen-bond donors (Lipinski definition) is 2. The van der Waals surface area contributed by atoms with Crippen LogP contribution in [0, 0.1) is 5.92 Å². The fraction of sp³-hybridized carbons (Fsp3) is 0.500. The second kappa shape index (κ2) is 9.55. The second-order valence-corrected chi connectivity index (χ2v) is 5.23. The van der Waals surface area contributed by atoms with E-state index in [1.54, 1.807) is 21.1 Å². The van der Waals surface area contributed by atoms with E-state index in [1.165, 1.54) is 4.90 Å². The molecular weight excluding hydrogens is 300 g/mol. The summed E-state index contributed by atoms with van der Waals surface area (Å²) >= 11 is 0. The first-order valence-electron chi connectivity index (χ1n) is 7.42. The molecule has 23 heavy (non-hydrogen) atoms. The summed E-state index contributed by atoms with van der Waals surface area (Å²) in [6.07, 6.45) is 0.653. The van der Waals surface area contributed by atoms with Gasteiger partial charge in [-0.25, -0.2) is 4.79 Å². The van der Waals surface area contributed by atoms with Crippen LogP contribution >= 0.6 is 0 Å². The Labute approximate surface area is 136 Å². The second-order valence-electron chi connectivity index (χ2n) is 5.23. The normalized spacial score (nSPS) is 11.4. The molecule has 0 spiro atoms. The third-order valence-electron chi connectivity index (χ3n) is 3.24. The van der Waals surface area contributed by atoms with Crippen LogP contribution in [0.2, 0.25) is 0 Å². The number of rotatable bonds is 9. The first kappa shape index (κ1) is 18.6. The number of carbonyl (C=O) groups is 2. The number of carboxylic acid groups (broad SMARTS) is 1. The van der Waals surface area contributed by atoms with E-state index >= 15 is 0 Å². The SMILES string of the molecule is COc1ccc(OCCCNC(=O)N(C)CC(C)C(=O)O)cc1. The molecule has 1 atom stereocenters. The summed E-state index contributed by atoms with van der Waals surface area (Å²) in [5.74, 6) is -0.00513. The minimum absolute atomic E-state index is 0.170. The number of methoxy groups -OCH3 is 1. The average Bonchev–Trinajstić information content (AvgIpc) is 2.54. The Balaban J connectivity index is 2.18. The summed E-state index contributed by atoms with van der Waals surface area (Å²) in [4.78, 5) is 23.9. The fourth-order valence-corrected chi connectivity index (χ4v) is 1.84. The lowest BCUT2D eigenvalue weighted by molar-refractivity contribution is -0.141. The lowest BCUT2D eigenvalue weighted by Gasteiger charge is -2.20. The van der Waals surface area contributed by atoms with Crippen LogP contribution in [-0.4, -0.2) is 55.9 Å². The van der Waals surface area contributed by atoms with Gasteiger partial charge in [0.25, 0.3) is 0 Å². The summed E-state index contributed by atoms with van der Waals surface area (Å²) in [7, 11) is 3.18. The van der Waals surface area contributed by atoms with Crippen molar-refractivity contribution in [3.05, 3.63) is 24.3 Å². The highest BCUT2D eigenvalue weighted by molar-refractivity contribution is 5.75. The first-order chi connectivity index (χ1) is 10.9.